The molecule has 2 heterocycles. The molecule has 2 rings (SSSR count). The van der Waals surface area contributed by atoms with Crippen molar-refractivity contribution in [2.24, 2.45) is 0 Å². The number of rotatable bonds is 6. The minimum atomic E-state index is -3.12. The van der Waals surface area contributed by atoms with Crippen molar-refractivity contribution in [3.8, 4) is 11.3 Å². The van der Waals surface area contributed by atoms with Gasteiger partial charge in [0.15, 0.2) is 0 Å². The number of hydrogen-bond acceptors (Lipinski definition) is 5. The number of nitrogens with one attached hydrogen (secondary N) is 1. The number of sulfonamides is 1. The van der Waals surface area contributed by atoms with Crippen LogP contribution in [0.2, 0.25) is 0 Å². The van der Waals surface area contributed by atoms with Gasteiger partial charge in [0.2, 0.25) is 10.0 Å². The molecule has 0 amide bonds. The first kappa shape index (κ1) is 14.1. The fourth-order valence-electron chi connectivity index (χ4n) is 1.49. The number of aromatic nitrogens is 2. The highest BCUT2D eigenvalue weighted by Crippen LogP contribution is 2.20. The summed E-state index contributed by atoms with van der Waals surface area (Å²) in [6.07, 6.45) is 4.08. The number of hydrogen-bond donors (Lipinski definition) is 1. The standard InChI is InChI=1S/C12H15N3O2S2/c1-2-19(16,17)14-7-5-12-15-11(9-18-12)10-4-3-6-13-8-10/h3-4,6,8-9,14H,2,5,7H2,1H3. The lowest BCUT2D eigenvalue weighted by atomic mass is 10.2. The first-order valence-electron chi connectivity index (χ1n) is 5.93. The lowest BCUT2D eigenvalue weighted by Crippen LogP contribution is -2.27. The molecular formula is C12H15N3O2S2. The van der Waals surface area contributed by atoms with Crippen LogP contribution in [0.5, 0.6) is 0 Å². The molecule has 0 unspecified atom stereocenters. The molecule has 0 atom stereocenters. The summed E-state index contributed by atoms with van der Waals surface area (Å²) in [6, 6.07) is 3.81. The zero-order valence-electron chi connectivity index (χ0n) is 10.5. The van der Waals surface area contributed by atoms with Gasteiger partial charge >= 0.3 is 0 Å². The van der Waals surface area contributed by atoms with Gasteiger partial charge in [-0.2, -0.15) is 0 Å². The molecule has 0 bridgehead atoms. The van der Waals surface area contributed by atoms with Crippen molar-refractivity contribution < 1.29 is 8.42 Å². The van der Waals surface area contributed by atoms with Gasteiger partial charge in [-0.05, 0) is 19.1 Å². The lowest BCUT2D eigenvalue weighted by molar-refractivity contribution is 0.583. The summed E-state index contributed by atoms with van der Waals surface area (Å²) >= 11 is 1.53. The van der Waals surface area contributed by atoms with Gasteiger partial charge in [0.1, 0.15) is 0 Å². The van der Waals surface area contributed by atoms with Crippen molar-refractivity contribution in [2.45, 2.75) is 13.3 Å². The van der Waals surface area contributed by atoms with E-state index in [1.54, 1.807) is 19.3 Å². The van der Waals surface area contributed by atoms with Crippen LogP contribution in [0.15, 0.2) is 29.9 Å². The third kappa shape index (κ3) is 4.09. The monoisotopic (exact) mass is 297 g/mol. The van der Waals surface area contributed by atoms with E-state index in [9.17, 15) is 8.42 Å². The lowest BCUT2D eigenvalue weighted by Gasteiger charge is -2.01. The molecule has 5 nitrogen and oxygen atoms in total. The van der Waals surface area contributed by atoms with Crippen LogP contribution in [0.1, 0.15) is 11.9 Å². The summed E-state index contributed by atoms with van der Waals surface area (Å²) < 4.78 is 25.1. The minimum absolute atomic E-state index is 0.103. The van der Waals surface area contributed by atoms with E-state index in [2.05, 4.69) is 14.7 Å². The third-order valence-corrected chi connectivity index (χ3v) is 4.86. The summed E-state index contributed by atoms with van der Waals surface area (Å²) in [5.41, 5.74) is 1.85. The van der Waals surface area contributed by atoms with Crippen LogP contribution in [0.4, 0.5) is 0 Å². The van der Waals surface area contributed by atoms with Crippen LogP contribution in [0.25, 0.3) is 11.3 Å². The average Bonchev–Trinajstić information content (AvgIpc) is 2.88. The van der Waals surface area contributed by atoms with Gasteiger partial charge < -0.3 is 0 Å². The van der Waals surface area contributed by atoms with Crippen molar-refractivity contribution >= 4 is 21.4 Å². The Morgan fingerprint density at radius 2 is 2.26 bits per heavy atom. The van der Waals surface area contributed by atoms with Crippen molar-refractivity contribution in [2.75, 3.05) is 12.3 Å². The maximum absolute atomic E-state index is 11.3. The molecule has 0 aliphatic heterocycles. The predicted octanol–water partition coefficient (Wildman–Crippen LogP) is 1.69. The molecule has 7 heteroatoms. The van der Waals surface area contributed by atoms with Crippen LogP contribution in [-0.2, 0) is 16.4 Å². The Kier molecular flexibility index (Phi) is 4.62. The Morgan fingerprint density at radius 3 is 2.95 bits per heavy atom. The molecule has 0 aliphatic rings. The summed E-state index contributed by atoms with van der Waals surface area (Å²) in [6.45, 7) is 2.00. The van der Waals surface area contributed by atoms with Crippen molar-refractivity contribution in [1.82, 2.24) is 14.7 Å². The van der Waals surface area contributed by atoms with Crippen LogP contribution in [0.3, 0.4) is 0 Å². The Labute approximate surface area is 116 Å². The highest BCUT2D eigenvalue weighted by Gasteiger charge is 2.08. The maximum atomic E-state index is 11.3. The maximum Gasteiger partial charge on any atom is 0.211 e. The molecule has 2 aromatic heterocycles. The molecule has 19 heavy (non-hydrogen) atoms. The predicted molar refractivity (Wildman–Crippen MR) is 76.5 cm³/mol. The normalized spacial score (nSPS) is 11.6. The SMILES string of the molecule is CCS(=O)(=O)NCCc1nc(-c2cccnc2)cs1. The number of pyridine rings is 1. The fourth-order valence-corrected chi connectivity index (χ4v) is 2.91. The fraction of sp³-hybridized carbons (Fsp3) is 0.333. The van der Waals surface area contributed by atoms with E-state index in [0.29, 0.717) is 13.0 Å². The van der Waals surface area contributed by atoms with Crippen molar-refractivity contribution in [1.29, 1.82) is 0 Å². The van der Waals surface area contributed by atoms with E-state index >= 15 is 0 Å². The van der Waals surface area contributed by atoms with Crippen LogP contribution in [0, 0.1) is 0 Å². The molecule has 0 spiro atoms. The van der Waals surface area contributed by atoms with E-state index in [1.807, 2.05) is 17.5 Å². The third-order valence-electron chi connectivity index (χ3n) is 2.55. The van der Waals surface area contributed by atoms with E-state index in [4.69, 9.17) is 0 Å². The van der Waals surface area contributed by atoms with Gasteiger partial charge in [-0.3, -0.25) is 4.98 Å². The van der Waals surface area contributed by atoms with Gasteiger partial charge in [-0.1, -0.05) is 0 Å². The highest BCUT2D eigenvalue weighted by atomic mass is 32.2. The molecule has 0 saturated carbocycles. The first-order chi connectivity index (χ1) is 9.11. The molecule has 0 radical (unpaired) electrons. The molecule has 0 aliphatic carbocycles. The Morgan fingerprint density at radius 1 is 1.42 bits per heavy atom. The topological polar surface area (TPSA) is 72.0 Å². The highest BCUT2D eigenvalue weighted by molar-refractivity contribution is 7.89. The Hall–Kier alpha value is -1.31. The molecular weight excluding hydrogens is 282 g/mol. The van der Waals surface area contributed by atoms with E-state index in [0.717, 1.165) is 16.3 Å². The van der Waals surface area contributed by atoms with Gasteiger partial charge in [0, 0.05) is 36.3 Å². The minimum Gasteiger partial charge on any atom is -0.264 e. The largest absolute Gasteiger partial charge is 0.264 e. The molecule has 2 aromatic rings. The quantitative estimate of drug-likeness (QED) is 0.880. The van der Waals surface area contributed by atoms with Crippen molar-refractivity contribution in [3.63, 3.8) is 0 Å². The molecule has 0 saturated heterocycles. The van der Waals surface area contributed by atoms with E-state index in [1.165, 1.54) is 11.3 Å². The summed E-state index contributed by atoms with van der Waals surface area (Å²) in [5.74, 6) is 0.103. The molecule has 102 valence electrons. The Bertz CT molecular complexity index is 623. The second-order valence-corrected chi connectivity index (χ2v) is 6.95. The average molecular weight is 297 g/mol. The summed E-state index contributed by atoms with van der Waals surface area (Å²) in [5, 5.41) is 2.87. The van der Waals surface area contributed by atoms with Crippen molar-refractivity contribution in [3.05, 3.63) is 34.9 Å². The van der Waals surface area contributed by atoms with Crippen LogP contribution in [-0.4, -0.2) is 30.7 Å². The Balaban J connectivity index is 1.95. The smallest absolute Gasteiger partial charge is 0.211 e. The van der Waals surface area contributed by atoms with Crippen LogP contribution >= 0.6 is 11.3 Å². The van der Waals surface area contributed by atoms with E-state index in [-0.39, 0.29) is 5.75 Å². The first-order valence-corrected chi connectivity index (χ1v) is 8.46. The second kappa shape index (κ2) is 6.23. The van der Waals surface area contributed by atoms with Gasteiger partial charge in [-0.25, -0.2) is 18.1 Å². The number of nitrogens with zero attached hydrogens (tertiary/aromatic N) is 2. The van der Waals surface area contributed by atoms with Crippen LogP contribution < -0.4 is 4.72 Å². The van der Waals surface area contributed by atoms with Gasteiger partial charge in [-0.15, -0.1) is 11.3 Å². The molecule has 0 fully saturated rings. The zero-order chi connectivity index (χ0) is 13.7. The number of thiazole rings is 1. The summed E-state index contributed by atoms with van der Waals surface area (Å²) in [4.78, 5) is 8.52. The molecule has 1 N–H and O–H groups in total. The second-order valence-electron chi connectivity index (χ2n) is 3.92. The van der Waals surface area contributed by atoms with E-state index < -0.39 is 10.0 Å². The molecule has 0 aromatic carbocycles. The van der Waals surface area contributed by atoms with Gasteiger partial charge in [0.25, 0.3) is 0 Å². The van der Waals surface area contributed by atoms with Gasteiger partial charge in [0.05, 0.1) is 16.5 Å². The summed E-state index contributed by atoms with van der Waals surface area (Å²) in [7, 11) is -3.12. The zero-order valence-corrected chi connectivity index (χ0v) is 12.2.